The fraction of sp³-hybridized carbons (Fsp3) is 0.500. The van der Waals surface area contributed by atoms with Gasteiger partial charge in [0.25, 0.3) is 0 Å². The maximum absolute atomic E-state index is 4.34. The predicted octanol–water partition coefficient (Wildman–Crippen LogP) is 3.87. The third kappa shape index (κ3) is 3.82. The molecule has 88 valence electrons. The molecule has 1 unspecified atom stereocenters. The van der Waals surface area contributed by atoms with Crippen LogP contribution in [0.5, 0.6) is 0 Å². The first-order chi connectivity index (χ1) is 7.75. The van der Waals surface area contributed by atoms with Gasteiger partial charge in [-0.1, -0.05) is 0 Å². The van der Waals surface area contributed by atoms with Crippen molar-refractivity contribution in [1.82, 2.24) is 4.98 Å². The summed E-state index contributed by atoms with van der Waals surface area (Å²) < 4.78 is 2.00. The van der Waals surface area contributed by atoms with E-state index in [0.717, 1.165) is 21.3 Å². The quantitative estimate of drug-likeness (QED) is 0.856. The SMILES string of the molecule is Brc1cnc(NCC2CSCCS2)c(Br)c1. The number of halogens is 2. The molecule has 6 heteroatoms. The molecule has 1 aliphatic heterocycles. The molecule has 1 N–H and O–H groups in total. The van der Waals surface area contributed by atoms with Crippen LogP contribution in [0.3, 0.4) is 0 Å². The molecule has 2 rings (SSSR count). The summed E-state index contributed by atoms with van der Waals surface area (Å²) in [4.78, 5) is 4.34. The largest absolute Gasteiger partial charge is 0.368 e. The highest BCUT2D eigenvalue weighted by Crippen LogP contribution is 2.26. The van der Waals surface area contributed by atoms with E-state index in [9.17, 15) is 0 Å². The van der Waals surface area contributed by atoms with Crippen molar-refractivity contribution in [2.45, 2.75) is 5.25 Å². The van der Waals surface area contributed by atoms with Gasteiger partial charge in [0.05, 0.1) is 4.47 Å². The van der Waals surface area contributed by atoms with Crippen LogP contribution in [-0.4, -0.2) is 34.0 Å². The summed E-state index contributed by atoms with van der Waals surface area (Å²) in [7, 11) is 0. The van der Waals surface area contributed by atoms with Gasteiger partial charge >= 0.3 is 0 Å². The maximum Gasteiger partial charge on any atom is 0.140 e. The van der Waals surface area contributed by atoms with Crippen molar-refractivity contribution >= 4 is 61.2 Å². The van der Waals surface area contributed by atoms with Gasteiger partial charge in [-0.2, -0.15) is 23.5 Å². The zero-order chi connectivity index (χ0) is 11.4. The van der Waals surface area contributed by atoms with Crippen molar-refractivity contribution in [3.8, 4) is 0 Å². The van der Waals surface area contributed by atoms with Gasteiger partial charge < -0.3 is 5.32 Å². The predicted molar refractivity (Wildman–Crippen MR) is 81.7 cm³/mol. The summed E-state index contributed by atoms with van der Waals surface area (Å²) in [6.07, 6.45) is 1.82. The molecule has 0 aromatic carbocycles. The average Bonchev–Trinajstić information content (AvgIpc) is 2.29. The van der Waals surface area contributed by atoms with Crippen LogP contribution in [0.2, 0.25) is 0 Å². The second kappa shape index (κ2) is 6.52. The van der Waals surface area contributed by atoms with Crippen molar-refractivity contribution in [2.75, 3.05) is 29.1 Å². The van der Waals surface area contributed by atoms with E-state index in [-0.39, 0.29) is 0 Å². The van der Waals surface area contributed by atoms with Gasteiger partial charge in [-0.15, -0.1) is 0 Å². The Hall–Kier alpha value is 0.610. The Bertz CT molecular complexity index is 357. The third-order valence-electron chi connectivity index (χ3n) is 2.19. The molecule has 1 atom stereocenters. The Kier molecular flexibility index (Phi) is 5.32. The van der Waals surface area contributed by atoms with Crippen molar-refractivity contribution in [3.05, 3.63) is 21.2 Å². The first-order valence-electron chi connectivity index (χ1n) is 5.00. The molecule has 0 amide bonds. The average molecular weight is 384 g/mol. The van der Waals surface area contributed by atoms with Crippen LogP contribution in [0, 0.1) is 0 Å². The first-order valence-corrected chi connectivity index (χ1v) is 8.79. The molecule has 0 bridgehead atoms. The van der Waals surface area contributed by atoms with Gasteiger partial charge in [0.15, 0.2) is 0 Å². The number of anilines is 1. The highest BCUT2D eigenvalue weighted by atomic mass is 79.9. The smallest absolute Gasteiger partial charge is 0.140 e. The monoisotopic (exact) mass is 382 g/mol. The lowest BCUT2D eigenvalue weighted by Gasteiger charge is -2.21. The van der Waals surface area contributed by atoms with Crippen molar-refractivity contribution in [3.63, 3.8) is 0 Å². The number of aromatic nitrogens is 1. The van der Waals surface area contributed by atoms with Crippen molar-refractivity contribution < 1.29 is 0 Å². The molecule has 0 spiro atoms. The topological polar surface area (TPSA) is 24.9 Å². The Labute approximate surface area is 121 Å². The molecule has 1 fully saturated rings. The molecule has 0 aliphatic carbocycles. The molecule has 1 aromatic rings. The van der Waals surface area contributed by atoms with E-state index in [1.165, 1.54) is 17.3 Å². The van der Waals surface area contributed by atoms with Gasteiger partial charge in [0.1, 0.15) is 5.82 Å². The summed E-state index contributed by atoms with van der Waals surface area (Å²) in [6, 6.07) is 2.01. The fourth-order valence-electron chi connectivity index (χ4n) is 1.41. The molecule has 2 heterocycles. The van der Waals surface area contributed by atoms with Gasteiger partial charge in [0.2, 0.25) is 0 Å². The van der Waals surface area contributed by atoms with Crippen LogP contribution in [0.25, 0.3) is 0 Å². The van der Waals surface area contributed by atoms with E-state index in [4.69, 9.17) is 0 Å². The van der Waals surface area contributed by atoms with E-state index in [1.54, 1.807) is 0 Å². The molecular formula is C10H12Br2N2S2. The molecule has 1 saturated heterocycles. The summed E-state index contributed by atoms with van der Waals surface area (Å²) >= 11 is 11.0. The summed E-state index contributed by atoms with van der Waals surface area (Å²) in [5, 5.41) is 4.10. The van der Waals surface area contributed by atoms with Crippen LogP contribution in [0.1, 0.15) is 0 Å². The third-order valence-corrected chi connectivity index (χ3v) is 6.07. The number of hydrogen-bond donors (Lipinski definition) is 1. The van der Waals surface area contributed by atoms with Gasteiger partial charge in [-0.25, -0.2) is 4.98 Å². The zero-order valence-electron chi connectivity index (χ0n) is 8.58. The summed E-state index contributed by atoms with van der Waals surface area (Å²) in [5.74, 6) is 4.73. The lowest BCUT2D eigenvalue weighted by atomic mass is 10.4. The minimum absolute atomic E-state index is 0.705. The Balaban J connectivity index is 1.88. The minimum atomic E-state index is 0.705. The summed E-state index contributed by atoms with van der Waals surface area (Å²) in [6.45, 7) is 0.991. The van der Waals surface area contributed by atoms with Gasteiger partial charge in [0, 0.05) is 39.7 Å². The Morgan fingerprint density at radius 1 is 1.44 bits per heavy atom. The minimum Gasteiger partial charge on any atom is -0.368 e. The van der Waals surface area contributed by atoms with Crippen LogP contribution in [0.4, 0.5) is 5.82 Å². The molecule has 0 radical (unpaired) electrons. The highest BCUT2D eigenvalue weighted by Gasteiger charge is 2.14. The number of nitrogens with one attached hydrogen (secondary N) is 1. The van der Waals surface area contributed by atoms with Gasteiger partial charge in [-0.05, 0) is 37.9 Å². The Morgan fingerprint density at radius 2 is 2.31 bits per heavy atom. The van der Waals surface area contributed by atoms with Crippen molar-refractivity contribution in [1.29, 1.82) is 0 Å². The lowest BCUT2D eigenvalue weighted by molar-refractivity contribution is 0.990. The number of hydrogen-bond acceptors (Lipinski definition) is 4. The van der Waals surface area contributed by atoms with E-state index in [0.29, 0.717) is 5.25 Å². The van der Waals surface area contributed by atoms with Crippen LogP contribution in [-0.2, 0) is 0 Å². The highest BCUT2D eigenvalue weighted by molar-refractivity contribution is 9.11. The number of rotatable bonds is 3. The number of nitrogens with zero attached hydrogens (tertiary/aromatic N) is 1. The van der Waals surface area contributed by atoms with Crippen LogP contribution >= 0.6 is 55.4 Å². The normalized spacial score (nSPS) is 20.8. The van der Waals surface area contributed by atoms with Crippen molar-refractivity contribution in [2.24, 2.45) is 0 Å². The first kappa shape index (κ1) is 13.1. The molecular weight excluding hydrogens is 372 g/mol. The second-order valence-corrected chi connectivity index (χ2v) is 7.76. The maximum atomic E-state index is 4.34. The summed E-state index contributed by atoms with van der Waals surface area (Å²) in [5.41, 5.74) is 0. The number of thioether (sulfide) groups is 2. The molecule has 1 aromatic heterocycles. The molecule has 2 nitrogen and oxygen atoms in total. The van der Waals surface area contributed by atoms with E-state index in [1.807, 2.05) is 24.0 Å². The lowest BCUT2D eigenvalue weighted by Crippen LogP contribution is -2.23. The van der Waals surface area contributed by atoms with Crippen LogP contribution < -0.4 is 5.32 Å². The zero-order valence-corrected chi connectivity index (χ0v) is 13.4. The fourth-order valence-corrected chi connectivity index (χ4v) is 5.15. The van der Waals surface area contributed by atoms with Crippen LogP contribution in [0.15, 0.2) is 21.2 Å². The standard InChI is InChI=1S/C10H12Br2N2S2/c11-7-3-9(12)10(13-4-7)14-5-8-6-15-1-2-16-8/h3-4,8H,1-2,5-6H2,(H,13,14). The van der Waals surface area contributed by atoms with E-state index >= 15 is 0 Å². The molecule has 0 saturated carbocycles. The Morgan fingerprint density at radius 3 is 3.00 bits per heavy atom. The van der Waals surface area contributed by atoms with E-state index in [2.05, 4.69) is 53.9 Å². The van der Waals surface area contributed by atoms with Gasteiger partial charge in [-0.3, -0.25) is 0 Å². The molecule has 1 aliphatic rings. The van der Waals surface area contributed by atoms with E-state index < -0.39 is 0 Å². The second-order valence-electron chi connectivity index (χ2n) is 3.43. The number of pyridine rings is 1. The molecule has 16 heavy (non-hydrogen) atoms.